The molecule has 0 unspecified atom stereocenters. The van der Waals surface area contributed by atoms with Gasteiger partial charge in [-0.15, -0.1) is 13.2 Å². The Morgan fingerprint density at radius 1 is 1.50 bits per heavy atom. The van der Waals surface area contributed by atoms with Crippen molar-refractivity contribution in [3.63, 3.8) is 0 Å². The highest BCUT2D eigenvalue weighted by atomic mass is 127. The molecule has 0 saturated heterocycles. The van der Waals surface area contributed by atoms with E-state index in [4.69, 9.17) is 4.74 Å². The van der Waals surface area contributed by atoms with E-state index in [2.05, 4.69) is 25.7 Å². The highest BCUT2D eigenvalue weighted by molar-refractivity contribution is 14.1. The van der Waals surface area contributed by atoms with Crippen molar-refractivity contribution in [2.45, 2.75) is 11.7 Å². The van der Waals surface area contributed by atoms with Crippen molar-refractivity contribution in [3.05, 3.63) is 15.5 Å². The smallest absolute Gasteiger partial charge is 0.494 e. The van der Waals surface area contributed by atoms with E-state index in [1.165, 1.54) is 7.11 Å². The maximum Gasteiger partial charge on any atom is 0.573 e. The standard InChI is InChI=1S/C8H6BrF3INO2/c1-15-6-4(2-9)5(3-14-7(6)13)16-8(10,11)12/h3H,2H2,1H3. The summed E-state index contributed by atoms with van der Waals surface area (Å²) in [5.41, 5.74) is 0.277. The number of ether oxygens (including phenoxy) is 2. The number of nitrogens with zero attached hydrogens (tertiary/aromatic N) is 1. The fourth-order valence-electron chi connectivity index (χ4n) is 1.03. The Hall–Kier alpha value is -0.250. The summed E-state index contributed by atoms with van der Waals surface area (Å²) < 4.78 is 45.6. The van der Waals surface area contributed by atoms with Gasteiger partial charge in [0.2, 0.25) is 0 Å². The van der Waals surface area contributed by atoms with Crippen LogP contribution in [0.4, 0.5) is 13.2 Å². The van der Waals surface area contributed by atoms with Crippen LogP contribution < -0.4 is 9.47 Å². The molecule has 0 spiro atoms. The number of methoxy groups -OCH3 is 1. The fourth-order valence-corrected chi connectivity index (χ4v) is 2.25. The number of hydrogen-bond donors (Lipinski definition) is 0. The van der Waals surface area contributed by atoms with E-state index in [0.717, 1.165) is 6.20 Å². The Bertz CT molecular complexity index is 386. The summed E-state index contributed by atoms with van der Waals surface area (Å²) in [6.07, 6.45) is -3.72. The molecular weight excluding hydrogens is 406 g/mol. The maximum atomic E-state index is 12.1. The average molecular weight is 412 g/mol. The van der Waals surface area contributed by atoms with Crippen LogP contribution in [0.1, 0.15) is 5.56 Å². The lowest BCUT2D eigenvalue weighted by Crippen LogP contribution is -2.18. The summed E-state index contributed by atoms with van der Waals surface area (Å²) in [5, 5.41) is 0.181. The van der Waals surface area contributed by atoms with E-state index in [1.807, 2.05) is 22.6 Å². The molecule has 0 aliphatic rings. The predicted molar refractivity (Wildman–Crippen MR) is 62.8 cm³/mol. The minimum atomic E-state index is -4.74. The van der Waals surface area contributed by atoms with E-state index in [0.29, 0.717) is 3.70 Å². The first-order valence-electron chi connectivity index (χ1n) is 3.92. The molecule has 16 heavy (non-hydrogen) atoms. The van der Waals surface area contributed by atoms with Crippen molar-refractivity contribution < 1.29 is 22.6 Å². The van der Waals surface area contributed by atoms with Crippen LogP contribution in [0.25, 0.3) is 0 Å². The van der Waals surface area contributed by atoms with Crippen LogP contribution in [-0.2, 0) is 5.33 Å². The van der Waals surface area contributed by atoms with E-state index in [9.17, 15) is 13.2 Å². The molecule has 1 aromatic heterocycles. The molecule has 90 valence electrons. The van der Waals surface area contributed by atoms with Crippen molar-refractivity contribution in [1.82, 2.24) is 4.98 Å². The summed E-state index contributed by atoms with van der Waals surface area (Å²) in [4.78, 5) is 3.76. The summed E-state index contributed by atoms with van der Waals surface area (Å²) in [6, 6.07) is 0. The molecule has 1 aromatic rings. The molecule has 1 heterocycles. The topological polar surface area (TPSA) is 31.4 Å². The minimum Gasteiger partial charge on any atom is -0.494 e. The lowest BCUT2D eigenvalue weighted by Gasteiger charge is -2.14. The second kappa shape index (κ2) is 5.39. The highest BCUT2D eigenvalue weighted by Crippen LogP contribution is 2.35. The third kappa shape index (κ3) is 3.37. The van der Waals surface area contributed by atoms with Gasteiger partial charge in [-0.2, -0.15) is 0 Å². The van der Waals surface area contributed by atoms with Crippen molar-refractivity contribution in [2.75, 3.05) is 7.11 Å². The molecule has 0 bridgehead atoms. The van der Waals surface area contributed by atoms with Gasteiger partial charge in [0, 0.05) is 5.33 Å². The quantitative estimate of drug-likeness (QED) is 0.433. The monoisotopic (exact) mass is 411 g/mol. The third-order valence-electron chi connectivity index (χ3n) is 1.62. The van der Waals surface area contributed by atoms with Crippen LogP contribution in [0.2, 0.25) is 0 Å². The SMILES string of the molecule is COc1c(I)ncc(OC(F)(F)F)c1CBr. The van der Waals surface area contributed by atoms with E-state index < -0.39 is 6.36 Å². The van der Waals surface area contributed by atoms with Gasteiger partial charge >= 0.3 is 6.36 Å². The first-order chi connectivity index (χ1) is 7.39. The number of halogens is 5. The van der Waals surface area contributed by atoms with Gasteiger partial charge in [0.15, 0.2) is 11.5 Å². The highest BCUT2D eigenvalue weighted by Gasteiger charge is 2.33. The summed E-state index contributed by atoms with van der Waals surface area (Å²) in [6.45, 7) is 0. The van der Waals surface area contributed by atoms with Gasteiger partial charge in [0.05, 0.1) is 18.9 Å². The lowest BCUT2D eigenvalue weighted by atomic mass is 10.2. The maximum absolute atomic E-state index is 12.1. The van der Waals surface area contributed by atoms with Gasteiger partial charge < -0.3 is 9.47 Å². The number of aromatic nitrogens is 1. The fraction of sp³-hybridized carbons (Fsp3) is 0.375. The molecule has 0 atom stereocenters. The summed E-state index contributed by atoms with van der Waals surface area (Å²) >= 11 is 4.95. The summed E-state index contributed by atoms with van der Waals surface area (Å²) in [5.74, 6) is -0.0825. The van der Waals surface area contributed by atoms with Crippen LogP contribution in [-0.4, -0.2) is 18.5 Å². The molecule has 0 radical (unpaired) electrons. The number of hydrogen-bond acceptors (Lipinski definition) is 3. The Balaban J connectivity index is 3.19. The van der Waals surface area contributed by atoms with E-state index in [1.54, 1.807) is 0 Å². The van der Waals surface area contributed by atoms with E-state index >= 15 is 0 Å². The summed E-state index contributed by atoms with van der Waals surface area (Å²) in [7, 11) is 1.36. The molecule has 0 aliphatic heterocycles. The van der Waals surface area contributed by atoms with Gasteiger partial charge in [0.1, 0.15) is 3.70 Å². The number of pyridine rings is 1. The molecule has 0 saturated carbocycles. The van der Waals surface area contributed by atoms with Crippen molar-refractivity contribution in [1.29, 1.82) is 0 Å². The number of alkyl halides is 4. The molecule has 3 nitrogen and oxygen atoms in total. The largest absolute Gasteiger partial charge is 0.573 e. The number of rotatable bonds is 3. The van der Waals surface area contributed by atoms with Gasteiger partial charge in [-0.3, -0.25) is 0 Å². The van der Waals surface area contributed by atoms with Gasteiger partial charge in [-0.1, -0.05) is 15.9 Å². The van der Waals surface area contributed by atoms with Crippen LogP contribution >= 0.6 is 38.5 Å². The molecule has 8 heteroatoms. The molecule has 0 fully saturated rings. The van der Waals surface area contributed by atoms with Crippen molar-refractivity contribution in [2.24, 2.45) is 0 Å². The predicted octanol–water partition coefficient (Wildman–Crippen LogP) is 3.49. The Morgan fingerprint density at radius 3 is 2.56 bits per heavy atom. The molecule has 0 N–H and O–H groups in total. The first kappa shape index (κ1) is 13.8. The lowest BCUT2D eigenvalue weighted by molar-refractivity contribution is -0.275. The van der Waals surface area contributed by atoms with Crippen molar-refractivity contribution in [3.8, 4) is 11.5 Å². The zero-order chi connectivity index (χ0) is 12.3. The normalized spacial score (nSPS) is 11.4. The third-order valence-corrected chi connectivity index (χ3v) is 2.95. The van der Waals surface area contributed by atoms with Crippen LogP contribution in [0.3, 0.4) is 0 Å². The van der Waals surface area contributed by atoms with Crippen LogP contribution in [0, 0.1) is 3.70 Å². The zero-order valence-electron chi connectivity index (χ0n) is 7.94. The molecule has 1 rings (SSSR count). The van der Waals surface area contributed by atoms with Gasteiger partial charge in [0.25, 0.3) is 0 Å². The molecule has 0 amide bonds. The molecular formula is C8H6BrF3INO2. The average Bonchev–Trinajstić information content (AvgIpc) is 2.18. The van der Waals surface area contributed by atoms with Gasteiger partial charge in [-0.05, 0) is 22.6 Å². The first-order valence-corrected chi connectivity index (χ1v) is 6.12. The Labute approximate surface area is 112 Å². The second-order valence-corrected chi connectivity index (χ2v) is 4.19. The van der Waals surface area contributed by atoms with Crippen molar-refractivity contribution >= 4 is 38.5 Å². The molecule has 0 aliphatic carbocycles. The van der Waals surface area contributed by atoms with Gasteiger partial charge in [-0.25, -0.2) is 4.98 Å². The second-order valence-electron chi connectivity index (χ2n) is 2.61. The minimum absolute atomic E-state index is 0.181. The molecule has 0 aromatic carbocycles. The Kier molecular flexibility index (Phi) is 4.65. The van der Waals surface area contributed by atoms with Crippen LogP contribution in [0.15, 0.2) is 6.20 Å². The zero-order valence-corrected chi connectivity index (χ0v) is 11.7. The Morgan fingerprint density at radius 2 is 2.12 bits per heavy atom. The van der Waals surface area contributed by atoms with Crippen LogP contribution in [0.5, 0.6) is 11.5 Å². The van der Waals surface area contributed by atoms with E-state index in [-0.39, 0.29) is 22.4 Å².